The van der Waals surface area contributed by atoms with Crippen molar-refractivity contribution in [2.24, 2.45) is 5.92 Å². The summed E-state index contributed by atoms with van der Waals surface area (Å²) in [5.41, 5.74) is 4.32. The van der Waals surface area contributed by atoms with Gasteiger partial charge >= 0.3 is 0 Å². The maximum Gasteiger partial charge on any atom is 0.243 e. The summed E-state index contributed by atoms with van der Waals surface area (Å²) in [6.45, 7) is 2.16. The van der Waals surface area contributed by atoms with E-state index in [1.807, 2.05) is 44.3 Å². The third-order valence-electron chi connectivity index (χ3n) is 7.16. The second-order valence-electron chi connectivity index (χ2n) is 8.92. The van der Waals surface area contributed by atoms with Gasteiger partial charge < -0.3 is 10.0 Å². The smallest absolute Gasteiger partial charge is 0.243 e. The molecule has 0 bridgehead atoms. The quantitative estimate of drug-likeness (QED) is 0.621. The standard InChI is InChI=1S/C26H27FN2O3S/c1-17-5-3-4-6-25(17)33(31,32)29-14-13-21-24(16-30)28(2)23-12-9-19(15-22(23)26(21)29)18-7-10-20(27)11-8-18/h3-12,15,21,24,26,30H,13-14,16H2,1-2H3/t21-,24+,26-/m1/s1. The molecule has 1 fully saturated rings. The van der Waals surface area contributed by atoms with E-state index in [-0.39, 0.29) is 30.4 Å². The van der Waals surface area contributed by atoms with Gasteiger partial charge in [0.1, 0.15) is 5.82 Å². The van der Waals surface area contributed by atoms with Crippen molar-refractivity contribution in [3.05, 3.63) is 83.7 Å². The largest absolute Gasteiger partial charge is 0.394 e. The Labute approximate surface area is 194 Å². The SMILES string of the molecule is Cc1ccccc1S(=O)(=O)N1CC[C@@H]2[C@H](CO)N(C)c3ccc(-c4ccc(F)cc4)cc3[C@@H]21. The first-order valence-electron chi connectivity index (χ1n) is 11.1. The second kappa shape index (κ2) is 8.24. The average Bonchev–Trinajstić information content (AvgIpc) is 3.26. The van der Waals surface area contributed by atoms with E-state index in [2.05, 4.69) is 4.90 Å². The summed E-state index contributed by atoms with van der Waals surface area (Å²) in [6, 6.07) is 18.8. The van der Waals surface area contributed by atoms with Crippen LogP contribution in [-0.2, 0) is 10.0 Å². The van der Waals surface area contributed by atoms with Crippen LogP contribution in [0.1, 0.15) is 23.6 Å². The molecule has 3 aromatic carbocycles. The normalized spacial score (nSPS) is 22.8. The van der Waals surface area contributed by atoms with Crippen molar-refractivity contribution in [1.29, 1.82) is 0 Å². The van der Waals surface area contributed by atoms with Crippen LogP contribution in [0.5, 0.6) is 0 Å². The summed E-state index contributed by atoms with van der Waals surface area (Å²) in [4.78, 5) is 2.39. The highest BCUT2D eigenvalue weighted by Crippen LogP contribution is 2.51. The van der Waals surface area contributed by atoms with Crippen molar-refractivity contribution >= 4 is 15.7 Å². The molecule has 33 heavy (non-hydrogen) atoms. The summed E-state index contributed by atoms with van der Waals surface area (Å²) >= 11 is 0. The van der Waals surface area contributed by atoms with Gasteiger partial charge in [-0.05, 0) is 65.9 Å². The van der Waals surface area contributed by atoms with Crippen LogP contribution in [0.4, 0.5) is 10.1 Å². The van der Waals surface area contributed by atoms with E-state index in [4.69, 9.17) is 0 Å². The third-order valence-corrected chi connectivity index (χ3v) is 9.20. The maximum atomic E-state index is 13.8. The molecule has 7 heteroatoms. The van der Waals surface area contributed by atoms with Crippen molar-refractivity contribution < 1.29 is 17.9 Å². The molecule has 3 aromatic rings. The lowest BCUT2D eigenvalue weighted by atomic mass is 9.81. The number of aryl methyl sites for hydroxylation is 1. The molecule has 172 valence electrons. The van der Waals surface area contributed by atoms with Gasteiger partial charge in [-0.15, -0.1) is 0 Å². The zero-order valence-electron chi connectivity index (χ0n) is 18.6. The lowest BCUT2D eigenvalue weighted by Gasteiger charge is -2.44. The zero-order valence-corrected chi connectivity index (χ0v) is 19.5. The number of hydrogen-bond acceptors (Lipinski definition) is 4. The highest BCUT2D eigenvalue weighted by molar-refractivity contribution is 7.89. The van der Waals surface area contributed by atoms with E-state index < -0.39 is 10.0 Å². The molecule has 0 aromatic heterocycles. The summed E-state index contributed by atoms with van der Waals surface area (Å²) < 4.78 is 42.7. The number of aliphatic hydroxyl groups is 1. The molecular weight excluding hydrogens is 439 g/mol. The van der Waals surface area contributed by atoms with Crippen LogP contribution >= 0.6 is 0 Å². The molecule has 1 saturated heterocycles. The molecule has 3 atom stereocenters. The molecule has 0 unspecified atom stereocenters. The molecule has 0 spiro atoms. The van der Waals surface area contributed by atoms with Crippen LogP contribution < -0.4 is 4.90 Å². The molecule has 1 N–H and O–H groups in total. The Morgan fingerprint density at radius 2 is 1.73 bits per heavy atom. The van der Waals surface area contributed by atoms with Gasteiger partial charge in [0.05, 0.1) is 23.6 Å². The Morgan fingerprint density at radius 3 is 2.42 bits per heavy atom. The predicted molar refractivity (Wildman–Crippen MR) is 127 cm³/mol. The number of halogens is 1. The third kappa shape index (κ3) is 3.55. The molecule has 5 nitrogen and oxygen atoms in total. The average molecular weight is 467 g/mol. The van der Waals surface area contributed by atoms with Gasteiger partial charge in [0.15, 0.2) is 0 Å². The van der Waals surface area contributed by atoms with Crippen LogP contribution in [0.15, 0.2) is 71.6 Å². The highest BCUT2D eigenvalue weighted by Gasteiger charge is 2.50. The lowest BCUT2D eigenvalue weighted by molar-refractivity contribution is 0.193. The molecule has 2 heterocycles. The van der Waals surface area contributed by atoms with Crippen molar-refractivity contribution in [3.8, 4) is 11.1 Å². The Kier molecular flexibility index (Phi) is 5.51. The Balaban J connectivity index is 1.66. The van der Waals surface area contributed by atoms with Crippen molar-refractivity contribution in [1.82, 2.24) is 4.31 Å². The minimum absolute atomic E-state index is 0.0326. The minimum Gasteiger partial charge on any atom is -0.394 e. The monoisotopic (exact) mass is 466 g/mol. The number of fused-ring (bicyclic) bond motifs is 3. The number of hydrogen-bond donors (Lipinski definition) is 1. The van der Waals surface area contributed by atoms with Crippen LogP contribution in [0, 0.1) is 18.7 Å². The first kappa shape index (κ1) is 22.1. The van der Waals surface area contributed by atoms with Crippen molar-refractivity contribution in [2.75, 3.05) is 25.1 Å². The fourth-order valence-electron chi connectivity index (χ4n) is 5.48. The van der Waals surface area contributed by atoms with E-state index in [0.29, 0.717) is 23.4 Å². The Morgan fingerprint density at radius 1 is 1.03 bits per heavy atom. The van der Waals surface area contributed by atoms with Crippen LogP contribution in [-0.4, -0.2) is 44.1 Å². The van der Waals surface area contributed by atoms with E-state index in [1.165, 1.54) is 12.1 Å². The van der Waals surface area contributed by atoms with Crippen LogP contribution in [0.3, 0.4) is 0 Å². The number of sulfonamides is 1. The number of aliphatic hydroxyl groups excluding tert-OH is 1. The first-order valence-corrected chi connectivity index (χ1v) is 12.6. The lowest BCUT2D eigenvalue weighted by Crippen LogP contribution is -2.48. The fourth-order valence-corrected chi connectivity index (χ4v) is 7.37. The number of benzene rings is 3. The first-order chi connectivity index (χ1) is 15.8. The molecular formula is C26H27FN2O3S. The van der Waals surface area contributed by atoms with E-state index in [1.54, 1.807) is 28.6 Å². The molecule has 0 aliphatic carbocycles. The maximum absolute atomic E-state index is 13.8. The fraction of sp³-hybridized carbons (Fsp3) is 0.308. The van der Waals surface area contributed by atoms with Gasteiger partial charge in [0.2, 0.25) is 10.0 Å². The minimum atomic E-state index is -3.73. The van der Waals surface area contributed by atoms with E-state index in [0.717, 1.165) is 22.4 Å². The Bertz CT molecular complexity index is 1290. The molecule has 0 saturated carbocycles. The zero-order chi connectivity index (χ0) is 23.3. The summed E-state index contributed by atoms with van der Waals surface area (Å²) in [6.07, 6.45) is 0.672. The second-order valence-corrected chi connectivity index (χ2v) is 10.8. The molecule has 2 aliphatic rings. The van der Waals surface area contributed by atoms with Gasteiger partial charge in [-0.25, -0.2) is 12.8 Å². The topological polar surface area (TPSA) is 60.9 Å². The number of rotatable bonds is 4. The van der Waals surface area contributed by atoms with Gasteiger partial charge in [-0.1, -0.05) is 36.4 Å². The molecule has 2 aliphatic heterocycles. The van der Waals surface area contributed by atoms with E-state index in [9.17, 15) is 17.9 Å². The van der Waals surface area contributed by atoms with Gasteiger partial charge in [0, 0.05) is 25.2 Å². The summed E-state index contributed by atoms with van der Waals surface area (Å²) in [5.74, 6) is -0.330. The highest BCUT2D eigenvalue weighted by atomic mass is 32.2. The number of likely N-dealkylation sites (N-methyl/N-ethyl adjacent to an activating group) is 1. The summed E-state index contributed by atoms with van der Waals surface area (Å²) in [7, 11) is -1.78. The van der Waals surface area contributed by atoms with Gasteiger partial charge in [-0.2, -0.15) is 4.31 Å². The van der Waals surface area contributed by atoms with E-state index >= 15 is 0 Å². The van der Waals surface area contributed by atoms with Crippen molar-refractivity contribution in [2.45, 2.75) is 30.3 Å². The predicted octanol–water partition coefficient (Wildman–Crippen LogP) is 4.36. The number of nitrogens with zero attached hydrogens (tertiary/aromatic N) is 2. The van der Waals surface area contributed by atoms with Gasteiger partial charge in [0.25, 0.3) is 0 Å². The van der Waals surface area contributed by atoms with Crippen LogP contribution in [0.25, 0.3) is 11.1 Å². The van der Waals surface area contributed by atoms with Crippen LogP contribution in [0.2, 0.25) is 0 Å². The molecule has 0 radical (unpaired) electrons. The number of anilines is 1. The Hall–Kier alpha value is -2.74. The molecule has 5 rings (SSSR count). The molecule has 0 amide bonds. The summed E-state index contributed by atoms with van der Waals surface area (Å²) in [5, 5.41) is 10.2. The van der Waals surface area contributed by atoms with Gasteiger partial charge in [-0.3, -0.25) is 0 Å². The van der Waals surface area contributed by atoms with Crippen molar-refractivity contribution in [3.63, 3.8) is 0 Å².